The number of nitrogens with zero attached hydrogens (tertiary/aromatic N) is 2. The van der Waals surface area contributed by atoms with Crippen molar-refractivity contribution in [1.29, 1.82) is 0 Å². The predicted molar refractivity (Wildman–Crippen MR) is 63.8 cm³/mol. The van der Waals surface area contributed by atoms with E-state index in [-0.39, 0.29) is 5.91 Å². The standard InChI is InChI=1S/C12H17N3O/c1-5-6-10-8-15(4)11(14-10)7-13-12(16)9(2)3/h5,8H,1-2,6-7H2,3-4H3,(H,13,16). The molecule has 0 aliphatic carbocycles. The minimum absolute atomic E-state index is 0.145. The van der Waals surface area contributed by atoms with E-state index in [1.54, 1.807) is 13.0 Å². The zero-order valence-electron chi connectivity index (χ0n) is 9.79. The van der Waals surface area contributed by atoms with Crippen LogP contribution in [0.5, 0.6) is 0 Å². The Morgan fingerprint density at radius 3 is 2.94 bits per heavy atom. The van der Waals surface area contributed by atoms with Gasteiger partial charge in [-0.25, -0.2) is 4.98 Å². The first-order valence-electron chi connectivity index (χ1n) is 5.10. The number of carbonyl (C=O) groups is 1. The molecule has 0 aliphatic heterocycles. The van der Waals surface area contributed by atoms with Gasteiger partial charge in [-0.05, 0) is 6.92 Å². The molecule has 0 saturated heterocycles. The molecule has 1 rings (SSSR count). The average Bonchev–Trinajstić information content (AvgIpc) is 2.56. The lowest BCUT2D eigenvalue weighted by atomic mass is 10.3. The molecule has 1 heterocycles. The third-order valence-corrected chi connectivity index (χ3v) is 2.17. The van der Waals surface area contributed by atoms with Crippen molar-refractivity contribution in [3.05, 3.63) is 42.5 Å². The van der Waals surface area contributed by atoms with Gasteiger partial charge in [0.25, 0.3) is 0 Å². The fourth-order valence-corrected chi connectivity index (χ4v) is 1.29. The van der Waals surface area contributed by atoms with Crippen molar-refractivity contribution in [3.8, 4) is 0 Å². The third kappa shape index (κ3) is 3.08. The molecule has 0 atom stereocenters. The summed E-state index contributed by atoms with van der Waals surface area (Å²) in [5.74, 6) is 0.680. The molecule has 0 bridgehead atoms. The van der Waals surface area contributed by atoms with E-state index in [1.165, 1.54) is 0 Å². The lowest BCUT2D eigenvalue weighted by Crippen LogP contribution is -2.24. The number of hydrogen-bond donors (Lipinski definition) is 1. The Hall–Kier alpha value is -1.84. The summed E-state index contributed by atoms with van der Waals surface area (Å²) in [4.78, 5) is 15.7. The summed E-state index contributed by atoms with van der Waals surface area (Å²) >= 11 is 0. The van der Waals surface area contributed by atoms with E-state index in [0.29, 0.717) is 12.1 Å². The van der Waals surface area contributed by atoms with E-state index in [4.69, 9.17) is 0 Å². The molecule has 16 heavy (non-hydrogen) atoms. The number of amides is 1. The number of aryl methyl sites for hydroxylation is 1. The quantitative estimate of drug-likeness (QED) is 0.600. The maximum absolute atomic E-state index is 11.3. The Bertz CT molecular complexity index is 418. The smallest absolute Gasteiger partial charge is 0.246 e. The second-order valence-electron chi connectivity index (χ2n) is 3.72. The average molecular weight is 219 g/mol. The second-order valence-corrected chi connectivity index (χ2v) is 3.72. The summed E-state index contributed by atoms with van der Waals surface area (Å²) < 4.78 is 1.90. The molecule has 0 unspecified atom stereocenters. The van der Waals surface area contributed by atoms with Gasteiger partial charge in [-0.3, -0.25) is 4.79 Å². The Labute approximate surface area is 95.7 Å². The fourth-order valence-electron chi connectivity index (χ4n) is 1.29. The number of carbonyl (C=O) groups excluding carboxylic acids is 1. The van der Waals surface area contributed by atoms with Gasteiger partial charge in [0.15, 0.2) is 0 Å². The molecule has 1 amide bonds. The number of hydrogen-bond acceptors (Lipinski definition) is 2. The van der Waals surface area contributed by atoms with Gasteiger partial charge in [-0.1, -0.05) is 12.7 Å². The van der Waals surface area contributed by atoms with Gasteiger partial charge in [0.2, 0.25) is 5.91 Å². The topological polar surface area (TPSA) is 46.9 Å². The number of imidazole rings is 1. The van der Waals surface area contributed by atoms with E-state index in [2.05, 4.69) is 23.5 Å². The van der Waals surface area contributed by atoms with Crippen LogP contribution in [-0.2, 0) is 24.8 Å². The normalized spacial score (nSPS) is 9.88. The van der Waals surface area contributed by atoms with Crippen LogP contribution in [0.2, 0.25) is 0 Å². The second kappa shape index (κ2) is 5.30. The molecule has 0 radical (unpaired) electrons. The summed E-state index contributed by atoms with van der Waals surface area (Å²) in [5.41, 5.74) is 1.46. The lowest BCUT2D eigenvalue weighted by Gasteiger charge is -2.04. The van der Waals surface area contributed by atoms with Gasteiger partial charge in [-0.2, -0.15) is 0 Å². The van der Waals surface area contributed by atoms with E-state index in [9.17, 15) is 4.79 Å². The number of rotatable bonds is 5. The van der Waals surface area contributed by atoms with Crippen LogP contribution in [0, 0.1) is 0 Å². The molecule has 1 aromatic heterocycles. The van der Waals surface area contributed by atoms with Crippen LogP contribution in [0.4, 0.5) is 0 Å². The van der Waals surface area contributed by atoms with Crippen molar-refractivity contribution >= 4 is 5.91 Å². The first-order valence-corrected chi connectivity index (χ1v) is 5.10. The zero-order valence-corrected chi connectivity index (χ0v) is 9.79. The molecular formula is C12H17N3O. The summed E-state index contributed by atoms with van der Waals surface area (Å²) in [6.45, 7) is 9.33. The maximum atomic E-state index is 11.3. The third-order valence-electron chi connectivity index (χ3n) is 2.17. The molecule has 0 fully saturated rings. The van der Waals surface area contributed by atoms with Gasteiger partial charge < -0.3 is 9.88 Å². The first kappa shape index (κ1) is 12.2. The highest BCUT2D eigenvalue weighted by atomic mass is 16.1. The molecule has 0 aromatic carbocycles. The van der Waals surface area contributed by atoms with Crippen LogP contribution in [0.15, 0.2) is 31.0 Å². The molecule has 0 aliphatic rings. The Balaban J connectivity index is 2.63. The van der Waals surface area contributed by atoms with Gasteiger partial charge in [0, 0.05) is 25.2 Å². The van der Waals surface area contributed by atoms with E-state index >= 15 is 0 Å². The van der Waals surface area contributed by atoms with Gasteiger partial charge >= 0.3 is 0 Å². The number of nitrogens with one attached hydrogen (secondary N) is 1. The number of allylic oxidation sites excluding steroid dienone is 1. The summed E-state index contributed by atoms with van der Waals surface area (Å²) in [7, 11) is 1.90. The minimum Gasteiger partial charge on any atom is -0.345 e. The van der Waals surface area contributed by atoms with Crippen LogP contribution in [0.1, 0.15) is 18.4 Å². The molecule has 1 aromatic rings. The highest BCUT2D eigenvalue weighted by molar-refractivity contribution is 5.91. The summed E-state index contributed by atoms with van der Waals surface area (Å²) in [6.07, 6.45) is 4.48. The van der Waals surface area contributed by atoms with Gasteiger partial charge in [0.1, 0.15) is 5.82 Å². The highest BCUT2D eigenvalue weighted by Crippen LogP contribution is 2.02. The van der Waals surface area contributed by atoms with Crippen LogP contribution in [-0.4, -0.2) is 15.5 Å². The van der Waals surface area contributed by atoms with Gasteiger partial charge in [-0.15, -0.1) is 6.58 Å². The molecule has 86 valence electrons. The van der Waals surface area contributed by atoms with Crippen LogP contribution in [0.3, 0.4) is 0 Å². The molecule has 1 N–H and O–H groups in total. The van der Waals surface area contributed by atoms with Crippen LogP contribution >= 0.6 is 0 Å². The van der Waals surface area contributed by atoms with Crippen molar-refractivity contribution in [2.75, 3.05) is 0 Å². The number of aromatic nitrogens is 2. The van der Waals surface area contributed by atoms with Crippen molar-refractivity contribution in [2.45, 2.75) is 19.9 Å². The first-order chi connectivity index (χ1) is 7.54. The van der Waals surface area contributed by atoms with Crippen LogP contribution < -0.4 is 5.32 Å². The van der Waals surface area contributed by atoms with Crippen molar-refractivity contribution in [3.63, 3.8) is 0 Å². The van der Waals surface area contributed by atoms with E-state index in [1.807, 2.05) is 17.8 Å². The van der Waals surface area contributed by atoms with E-state index in [0.717, 1.165) is 17.9 Å². The summed E-state index contributed by atoms with van der Waals surface area (Å²) in [5, 5.41) is 2.75. The zero-order chi connectivity index (χ0) is 12.1. The summed E-state index contributed by atoms with van der Waals surface area (Å²) in [6, 6.07) is 0. The largest absolute Gasteiger partial charge is 0.345 e. The van der Waals surface area contributed by atoms with Crippen molar-refractivity contribution in [2.24, 2.45) is 7.05 Å². The Morgan fingerprint density at radius 1 is 1.69 bits per heavy atom. The maximum Gasteiger partial charge on any atom is 0.246 e. The lowest BCUT2D eigenvalue weighted by molar-refractivity contribution is -0.117. The molecule has 4 heteroatoms. The Morgan fingerprint density at radius 2 is 2.38 bits per heavy atom. The van der Waals surface area contributed by atoms with Gasteiger partial charge in [0.05, 0.1) is 12.2 Å². The Kier molecular flexibility index (Phi) is 4.05. The van der Waals surface area contributed by atoms with Crippen molar-refractivity contribution in [1.82, 2.24) is 14.9 Å². The molecule has 0 spiro atoms. The van der Waals surface area contributed by atoms with E-state index < -0.39 is 0 Å². The molecule has 4 nitrogen and oxygen atoms in total. The fraction of sp³-hybridized carbons (Fsp3) is 0.333. The van der Waals surface area contributed by atoms with Crippen LogP contribution in [0.25, 0.3) is 0 Å². The molecule has 0 saturated carbocycles. The SMILES string of the molecule is C=CCc1cn(C)c(CNC(=O)C(=C)C)n1. The predicted octanol–water partition coefficient (Wildman–Crippen LogP) is 1.34. The highest BCUT2D eigenvalue weighted by Gasteiger charge is 2.06. The monoisotopic (exact) mass is 219 g/mol. The van der Waals surface area contributed by atoms with Crippen molar-refractivity contribution < 1.29 is 4.79 Å². The minimum atomic E-state index is -0.145. The molecular weight excluding hydrogens is 202 g/mol.